The molecule has 0 atom stereocenters. The van der Waals surface area contributed by atoms with Crippen molar-refractivity contribution in [2.24, 2.45) is 15.3 Å². The molecular weight excluding hydrogens is 686 g/mol. The predicted molar refractivity (Wildman–Crippen MR) is 174 cm³/mol. The smallest absolute Gasteiger partial charge is 0.267 e. The molecule has 1 saturated heterocycles. The van der Waals surface area contributed by atoms with Gasteiger partial charge in [0.25, 0.3) is 11.8 Å². The van der Waals surface area contributed by atoms with Crippen molar-refractivity contribution < 1.29 is 32.3 Å². The highest BCUT2D eigenvalue weighted by atomic mass is 79.9. The molecule has 230 valence electrons. The molecule has 0 radical (unpaired) electrons. The number of phenols is 1. The van der Waals surface area contributed by atoms with Crippen molar-refractivity contribution in [1.29, 1.82) is 0 Å². The van der Waals surface area contributed by atoms with Crippen LogP contribution in [0, 0.1) is 0 Å². The number of benzene rings is 3. The molecule has 0 bridgehead atoms. The molecule has 12 nitrogen and oxygen atoms in total. The summed E-state index contributed by atoms with van der Waals surface area (Å²) < 4.78 is 34.8. The van der Waals surface area contributed by atoms with E-state index in [0.717, 1.165) is 16.2 Å². The summed E-state index contributed by atoms with van der Waals surface area (Å²) in [7, 11) is -3.85. The van der Waals surface area contributed by atoms with Crippen LogP contribution in [0.5, 0.6) is 11.5 Å². The topological polar surface area (TPSA) is 177 Å². The molecule has 2 amide bonds. The van der Waals surface area contributed by atoms with Gasteiger partial charge in [0.15, 0.2) is 11.8 Å². The van der Waals surface area contributed by atoms with Crippen molar-refractivity contribution in [2.45, 2.75) is 11.4 Å². The van der Waals surface area contributed by atoms with E-state index in [2.05, 4.69) is 31.4 Å². The number of hydrogen-bond acceptors (Lipinski definition) is 10. The normalized spacial score (nSPS) is 15.3. The molecule has 0 aliphatic carbocycles. The molecule has 1 aliphatic rings. The number of amides is 2. The quantitative estimate of drug-likeness (QED) is 0.118. The third-order valence-corrected chi connectivity index (χ3v) is 8.56. The Labute approximate surface area is 270 Å². The van der Waals surface area contributed by atoms with Gasteiger partial charge in [0.05, 0.1) is 28.8 Å². The number of nitrogens with zero attached hydrogens (tertiary/aromatic N) is 3. The van der Waals surface area contributed by atoms with Crippen LogP contribution in [-0.2, 0) is 26.2 Å². The highest BCUT2D eigenvalue weighted by Crippen LogP contribution is 2.35. The van der Waals surface area contributed by atoms with E-state index in [1.807, 2.05) is 0 Å². The number of rotatable bonds is 10. The van der Waals surface area contributed by atoms with Crippen LogP contribution in [0.3, 0.4) is 0 Å². The Morgan fingerprint density at radius 1 is 1.09 bits per heavy atom. The van der Waals surface area contributed by atoms with Gasteiger partial charge in [-0.25, -0.2) is 13.6 Å². The number of carbonyl (C=O) groups is 2. The highest BCUT2D eigenvalue weighted by Gasteiger charge is 2.34. The SMILES string of the molecule is NS(=O)(=O)c1ccc(NC(=O)COc2ccccc2/C=C2\S/C(=N/N=C\c3cc(Br)ccc3O)N(Cc3ccco3)C2=O)cc1. The summed E-state index contributed by atoms with van der Waals surface area (Å²) in [5, 5.41) is 26.5. The van der Waals surface area contributed by atoms with Crippen molar-refractivity contribution in [3.8, 4) is 11.5 Å². The molecule has 1 aromatic heterocycles. The van der Waals surface area contributed by atoms with Crippen molar-refractivity contribution in [2.75, 3.05) is 11.9 Å². The first-order valence-corrected chi connectivity index (χ1v) is 16.2. The van der Waals surface area contributed by atoms with Crippen molar-refractivity contribution in [3.63, 3.8) is 0 Å². The maximum atomic E-state index is 13.5. The van der Waals surface area contributed by atoms with Gasteiger partial charge in [-0.1, -0.05) is 34.1 Å². The lowest BCUT2D eigenvalue weighted by Gasteiger charge is -2.12. The Kier molecular flexibility index (Phi) is 9.83. The molecule has 4 aromatic rings. The Morgan fingerprint density at radius 2 is 1.87 bits per heavy atom. The van der Waals surface area contributed by atoms with Crippen LogP contribution in [0.25, 0.3) is 6.08 Å². The number of anilines is 1. The predicted octanol–water partition coefficient (Wildman–Crippen LogP) is 4.92. The molecule has 1 fully saturated rings. The van der Waals surface area contributed by atoms with E-state index in [0.29, 0.717) is 38.4 Å². The highest BCUT2D eigenvalue weighted by molar-refractivity contribution is 9.10. The summed E-state index contributed by atoms with van der Waals surface area (Å²) in [6, 6.07) is 20.6. The van der Waals surface area contributed by atoms with E-state index < -0.39 is 15.9 Å². The maximum Gasteiger partial charge on any atom is 0.267 e. The Balaban J connectivity index is 1.33. The van der Waals surface area contributed by atoms with Crippen LogP contribution in [0.1, 0.15) is 16.9 Å². The maximum absolute atomic E-state index is 13.5. The largest absolute Gasteiger partial charge is 0.507 e. The summed E-state index contributed by atoms with van der Waals surface area (Å²) in [5.41, 5.74) is 1.34. The summed E-state index contributed by atoms with van der Waals surface area (Å²) in [4.78, 5) is 27.7. The van der Waals surface area contributed by atoms with Crippen LogP contribution in [0.2, 0.25) is 0 Å². The van der Waals surface area contributed by atoms with Crippen molar-refractivity contribution >= 4 is 72.7 Å². The first-order chi connectivity index (χ1) is 21.6. The fraction of sp³-hybridized carbons (Fsp3) is 0.0667. The van der Waals surface area contributed by atoms with E-state index >= 15 is 0 Å². The molecule has 0 saturated carbocycles. The number of nitrogens with one attached hydrogen (secondary N) is 1. The molecule has 2 heterocycles. The van der Waals surface area contributed by atoms with Crippen LogP contribution in [-0.4, -0.2) is 48.2 Å². The van der Waals surface area contributed by atoms with Crippen LogP contribution < -0.4 is 15.2 Å². The lowest BCUT2D eigenvalue weighted by Crippen LogP contribution is -2.28. The van der Waals surface area contributed by atoms with E-state index in [1.165, 1.54) is 47.7 Å². The van der Waals surface area contributed by atoms with Crippen LogP contribution >= 0.6 is 27.7 Å². The summed E-state index contributed by atoms with van der Waals surface area (Å²) in [6.45, 7) is -0.240. The number of halogens is 1. The van der Waals surface area contributed by atoms with Gasteiger partial charge in [0, 0.05) is 21.3 Å². The number of phenolic OH excluding ortho intramolecular Hbond substituents is 1. The zero-order valence-electron chi connectivity index (χ0n) is 23.2. The number of thioether (sulfide) groups is 1. The molecular formula is C30H24BrN5O7S2. The fourth-order valence-electron chi connectivity index (χ4n) is 3.99. The number of furan rings is 1. The van der Waals surface area contributed by atoms with E-state index in [9.17, 15) is 23.1 Å². The number of para-hydroxylation sites is 1. The van der Waals surface area contributed by atoms with Gasteiger partial charge in [-0.15, -0.1) is 5.10 Å². The second-order valence-electron chi connectivity index (χ2n) is 9.36. The minimum Gasteiger partial charge on any atom is -0.507 e. The minimum atomic E-state index is -3.85. The Bertz CT molecular complexity index is 1930. The monoisotopic (exact) mass is 709 g/mol. The average molecular weight is 711 g/mol. The van der Waals surface area contributed by atoms with Gasteiger partial charge < -0.3 is 19.6 Å². The number of hydrogen-bond donors (Lipinski definition) is 3. The molecule has 45 heavy (non-hydrogen) atoms. The zero-order chi connectivity index (χ0) is 32.0. The van der Waals surface area contributed by atoms with E-state index in [4.69, 9.17) is 14.3 Å². The number of carbonyl (C=O) groups excluding carboxylic acids is 2. The fourth-order valence-corrected chi connectivity index (χ4v) is 5.81. The lowest BCUT2D eigenvalue weighted by atomic mass is 10.2. The number of amidine groups is 1. The molecule has 1 aliphatic heterocycles. The van der Waals surface area contributed by atoms with Crippen molar-refractivity contribution in [3.05, 3.63) is 111 Å². The zero-order valence-corrected chi connectivity index (χ0v) is 26.4. The van der Waals surface area contributed by atoms with E-state index in [1.54, 1.807) is 54.6 Å². The van der Waals surface area contributed by atoms with E-state index in [-0.39, 0.29) is 29.7 Å². The molecule has 5 rings (SSSR count). The van der Waals surface area contributed by atoms with Crippen molar-refractivity contribution in [1.82, 2.24) is 4.90 Å². The van der Waals surface area contributed by atoms with Gasteiger partial charge in [0.2, 0.25) is 10.0 Å². The van der Waals surface area contributed by atoms with Gasteiger partial charge in [0.1, 0.15) is 17.3 Å². The van der Waals surface area contributed by atoms with Gasteiger partial charge in [-0.2, -0.15) is 5.10 Å². The second-order valence-corrected chi connectivity index (χ2v) is 12.8. The van der Waals surface area contributed by atoms with Crippen LogP contribution in [0.15, 0.2) is 114 Å². The Morgan fingerprint density at radius 3 is 2.60 bits per heavy atom. The number of nitrogens with two attached hydrogens (primary N) is 1. The molecule has 0 unspecified atom stereocenters. The van der Waals surface area contributed by atoms with Gasteiger partial charge >= 0.3 is 0 Å². The minimum absolute atomic E-state index is 0.0237. The third-order valence-electron chi connectivity index (χ3n) is 6.14. The second kappa shape index (κ2) is 13.9. The molecule has 15 heteroatoms. The first-order valence-electron chi connectivity index (χ1n) is 13.0. The van der Waals surface area contributed by atoms with Crippen LogP contribution in [0.4, 0.5) is 5.69 Å². The Hall–Kier alpha value is -4.70. The molecule has 3 aromatic carbocycles. The number of aromatic hydroxyl groups is 1. The number of sulfonamides is 1. The first kappa shape index (κ1) is 31.7. The number of ether oxygens (including phenoxy) is 1. The molecule has 4 N–H and O–H groups in total. The summed E-state index contributed by atoms with van der Waals surface area (Å²) in [6.07, 6.45) is 4.52. The number of primary sulfonamides is 1. The lowest BCUT2D eigenvalue weighted by molar-refractivity contribution is -0.122. The standard InChI is InChI=1S/C30H24BrN5O7S2/c31-21-7-12-25(37)20(14-21)16-33-35-30-36(17-23-5-3-13-42-23)29(39)27(44-30)15-19-4-1-2-6-26(19)43-18-28(38)34-22-8-10-24(11-9-22)45(32,40)41/h1-16,37H,17-18H2,(H,34,38)(H2,32,40,41)/b27-15-,33-16-,35-30+. The van der Waals surface area contributed by atoms with Gasteiger partial charge in [-0.3, -0.25) is 14.5 Å². The molecule has 0 spiro atoms. The summed E-state index contributed by atoms with van der Waals surface area (Å²) >= 11 is 4.45. The van der Waals surface area contributed by atoms with Gasteiger partial charge in [-0.05, 0) is 78.5 Å². The third kappa shape index (κ3) is 8.27. The average Bonchev–Trinajstić information content (AvgIpc) is 3.62. The summed E-state index contributed by atoms with van der Waals surface area (Å²) in [5.74, 6) is 0.0898.